The van der Waals surface area contributed by atoms with E-state index >= 15 is 0 Å². The van der Waals surface area contributed by atoms with Crippen molar-refractivity contribution in [2.75, 3.05) is 26.3 Å². The fourth-order valence-electron chi connectivity index (χ4n) is 3.35. The van der Waals surface area contributed by atoms with E-state index in [0.717, 1.165) is 0 Å². The highest BCUT2D eigenvalue weighted by molar-refractivity contribution is 5.79. The lowest BCUT2D eigenvalue weighted by Crippen LogP contribution is -2.48. The van der Waals surface area contributed by atoms with Gasteiger partial charge in [-0.25, -0.2) is 4.98 Å². The van der Waals surface area contributed by atoms with Crippen LogP contribution >= 0.6 is 0 Å². The van der Waals surface area contributed by atoms with Crippen LogP contribution in [-0.4, -0.2) is 52.4 Å². The van der Waals surface area contributed by atoms with Crippen molar-refractivity contribution >= 4 is 16.8 Å². The van der Waals surface area contributed by atoms with Crippen molar-refractivity contribution in [2.24, 2.45) is 0 Å². The largest absolute Gasteiger partial charge is 0.347 e. The first-order chi connectivity index (χ1) is 11.7. The maximum absolute atomic E-state index is 12.5. The number of fused-ring (bicyclic) bond motifs is 1. The third kappa shape index (κ3) is 2.70. The molecule has 0 atom stereocenters. The fraction of sp³-hybridized carbons (Fsp3) is 0.471. The Bertz CT molecular complexity index is 816. The first-order valence-corrected chi connectivity index (χ1v) is 8.17. The molecule has 7 heteroatoms. The smallest absolute Gasteiger partial charge is 0.261 e. The predicted octanol–water partition coefficient (Wildman–Crippen LogP) is 0.762. The summed E-state index contributed by atoms with van der Waals surface area (Å²) in [5.74, 6) is -0.583. The Morgan fingerprint density at radius 2 is 1.88 bits per heavy atom. The normalized spacial score (nSPS) is 19.9. The van der Waals surface area contributed by atoms with Crippen molar-refractivity contribution in [1.82, 2.24) is 14.5 Å². The van der Waals surface area contributed by atoms with Crippen LogP contribution in [-0.2, 0) is 20.8 Å². The van der Waals surface area contributed by atoms with Crippen molar-refractivity contribution in [3.05, 3.63) is 40.9 Å². The summed E-state index contributed by atoms with van der Waals surface area (Å²) in [6, 6.07) is 7.14. The van der Waals surface area contributed by atoms with Gasteiger partial charge >= 0.3 is 0 Å². The van der Waals surface area contributed by atoms with Gasteiger partial charge in [-0.3, -0.25) is 14.2 Å². The molecule has 4 rings (SSSR count). The van der Waals surface area contributed by atoms with Crippen molar-refractivity contribution in [3.63, 3.8) is 0 Å². The molecule has 1 aromatic heterocycles. The second kappa shape index (κ2) is 5.99. The average Bonchev–Trinajstić information content (AvgIpc) is 3.06. The van der Waals surface area contributed by atoms with Crippen LogP contribution in [0.25, 0.3) is 10.9 Å². The van der Waals surface area contributed by atoms with Gasteiger partial charge in [0.05, 0.1) is 30.4 Å². The number of ether oxygens (including phenoxy) is 2. The number of carbonyl (C=O) groups is 1. The zero-order valence-corrected chi connectivity index (χ0v) is 13.3. The lowest BCUT2D eigenvalue weighted by atomic mass is 10.0. The van der Waals surface area contributed by atoms with Gasteiger partial charge in [0.2, 0.25) is 5.91 Å². The van der Waals surface area contributed by atoms with E-state index in [-0.39, 0.29) is 18.0 Å². The van der Waals surface area contributed by atoms with E-state index in [4.69, 9.17) is 9.47 Å². The zero-order chi connectivity index (χ0) is 16.6. The zero-order valence-electron chi connectivity index (χ0n) is 13.3. The van der Waals surface area contributed by atoms with Crippen LogP contribution < -0.4 is 5.56 Å². The van der Waals surface area contributed by atoms with Gasteiger partial charge in [-0.2, -0.15) is 0 Å². The molecular formula is C17H19N3O4. The van der Waals surface area contributed by atoms with Gasteiger partial charge in [0, 0.05) is 25.9 Å². The van der Waals surface area contributed by atoms with Crippen molar-refractivity contribution in [3.8, 4) is 0 Å². The van der Waals surface area contributed by atoms with Gasteiger partial charge in [0.25, 0.3) is 5.56 Å². The molecule has 126 valence electrons. The van der Waals surface area contributed by atoms with Gasteiger partial charge in [-0.1, -0.05) is 12.1 Å². The van der Waals surface area contributed by atoms with Crippen molar-refractivity contribution in [1.29, 1.82) is 0 Å². The molecule has 1 aromatic carbocycles. The van der Waals surface area contributed by atoms with Crippen molar-refractivity contribution < 1.29 is 14.3 Å². The van der Waals surface area contributed by atoms with Crippen LogP contribution in [0.5, 0.6) is 0 Å². The minimum atomic E-state index is -0.502. The van der Waals surface area contributed by atoms with Crippen LogP contribution in [0.2, 0.25) is 0 Å². The van der Waals surface area contributed by atoms with E-state index in [0.29, 0.717) is 50.0 Å². The minimum Gasteiger partial charge on any atom is -0.347 e. The molecule has 2 aliphatic heterocycles. The Morgan fingerprint density at radius 1 is 1.17 bits per heavy atom. The number of benzene rings is 1. The topological polar surface area (TPSA) is 73.7 Å². The maximum atomic E-state index is 12.5. The van der Waals surface area contributed by atoms with E-state index in [1.54, 1.807) is 23.1 Å². The Balaban J connectivity index is 1.47. The summed E-state index contributed by atoms with van der Waals surface area (Å²) < 4.78 is 12.7. The van der Waals surface area contributed by atoms with Crippen LogP contribution in [0.1, 0.15) is 12.8 Å². The first-order valence-electron chi connectivity index (χ1n) is 8.17. The molecule has 0 bridgehead atoms. The minimum absolute atomic E-state index is 0.00534. The van der Waals surface area contributed by atoms with Crippen LogP contribution in [0.4, 0.5) is 0 Å². The van der Waals surface area contributed by atoms with E-state index in [9.17, 15) is 9.59 Å². The Labute approximate surface area is 138 Å². The van der Waals surface area contributed by atoms with E-state index in [1.165, 1.54) is 10.9 Å². The molecule has 2 aliphatic rings. The molecule has 0 unspecified atom stereocenters. The summed E-state index contributed by atoms with van der Waals surface area (Å²) >= 11 is 0. The number of nitrogens with zero attached hydrogens (tertiary/aromatic N) is 3. The Morgan fingerprint density at radius 3 is 2.62 bits per heavy atom. The molecule has 3 heterocycles. The first kappa shape index (κ1) is 15.3. The lowest BCUT2D eigenvalue weighted by molar-refractivity contribution is -0.187. The number of likely N-dealkylation sites (tertiary alicyclic amines) is 1. The van der Waals surface area contributed by atoms with Gasteiger partial charge in [-0.15, -0.1) is 0 Å². The fourth-order valence-corrected chi connectivity index (χ4v) is 3.35. The second-order valence-electron chi connectivity index (χ2n) is 6.18. The molecule has 2 aromatic rings. The van der Waals surface area contributed by atoms with E-state index in [2.05, 4.69) is 4.98 Å². The van der Waals surface area contributed by atoms with Crippen LogP contribution in [0, 0.1) is 0 Å². The summed E-state index contributed by atoms with van der Waals surface area (Å²) in [6.07, 6.45) is 2.78. The highest BCUT2D eigenvalue weighted by Gasteiger charge is 2.40. The molecular weight excluding hydrogens is 310 g/mol. The van der Waals surface area contributed by atoms with Crippen LogP contribution in [0.15, 0.2) is 35.4 Å². The lowest BCUT2D eigenvalue weighted by Gasteiger charge is -2.37. The third-order valence-electron chi connectivity index (χ3n) is 4.73. The second-order valence-corrected chi connectivity index (χ2v) is 6.18. The number of para-hydroxylation sites is 1. The molecule has 2 saturated heterocycles. The maximum Gasteiger partial charge on any atom is 0.261 e. The van der Waals surface area contributed by atoms with Gasteiger partial charge in [-0.05, 0) is 12.1 Å². The number of aromatic nitrogens is 2. The summed E-state index contributed by atoms with van der Waals surface area (Å²) in [5, 5.41) is 0.526. The molecule has 0 saturated carbocycles. The Hall–Kier alpha value is -2.25. The van der Waals surface area contributed by atoms with Gasteiger partial charge in [0.15, 0.2) is 5.79 Å². The summed E-state index contributed by atoms with van der Waals surface area (Å²) in [4.78, 5) is 31.0. The number of rotatable bonds is 2. The highest BCUT2D eigenvalue weighted by atomic mass is 16.7. The number of amides is 1. The Kier molecular flexibility index (Phi) is 3.82. The molecule has 0 radical (unpaired) electrons. The number of hydrogen-bond donors (Lipinski definition) is 0. The molecule has 2 fully saturated rings. The molecule has 0 aliphatic carbocycles. The highest BCUT2D eigenvalue weighted by Crippen LogP contribution is 2.31. The average molecular weight is 329 g/mol. The molecule has 7 nitrogen and oxygen atoms in total. The van der Waals surface area contributed by atoms with Gasteiger partial charge < -0.3 is 14.4 Å². The van der Waals surface area contributed by atoms with E-state index < -0.39 is 5.79 Å². The van der Waals surface area contributed by atoms with Crippen molar-refractivity contribution in [2.45, 2.75) is 25.2 Å². The summed E-state index contributed by atoms with van der Waals surface area (Å²) in [6.45, 7) is 2.40. The van der Waals surface area contributed by atoms with Crippen LogP contribution in [0.3, 0.4) is 0 Å². The molecule has 24 heavy (non-hydrogen) atoms. The standard InChI is InChI=1S/C17H19N3O4/c21-15(19-7-5-17(6-8-19)23-9-10-24-17)11-20-12-18-14-4-2-1-3-13(14)16(20)22/h1-4,12H,5-11H2. The summed E-state index contributed by atoms with van der Waals surface area (Å²) in [7, 11) is 0. The summed E-state index contributed by atoms with van der Waals surface area (Å²) in [5.41, 5.74) is 0.450. The number of carbonyl (C=O) groups excluding carboxylic acids is 1. The molecule has 0 N–H and O–H groups in total. The third-order valence-corrected chi connectivity index (χ3v) is 4.73. The van der Waals surface area contributed by atoms with E-state index in [1.807, 2.05) is 6.07 Å². The number of piperidine rings is 1. The predicted molar refractivity (Wildman–Crippen MR) is 86.5 cm³/mol. The molecule has 1 amide bonds. The van der Waals surface area contributed by atoms with Gasteiger partial charge in [0.1, 0.15) is 6.54 Å². The number of hydrogen-bond acceptors (Lipinski definition) is 5. The monoisotopic (exact) mass is 329 g/mol. The SMILES string of the molecule is O=C(Cn1cnc2ccccc2c1=O)N1CCC2(CC1)OCCO2. The quantitative estimate of drug-likeness (QED) is 0.813. The molecule has 1 spiro atoms.